The Morgan fingerprint density at radius 1 is 1.25 bits per heavy atom. The molecule has 28 heavy (non-hydrogen) atoms. The number of nitrogens with zero attached hydrogens (tertiary/aromatic N) is 4. The SMILES string of the molecule is Cc1ccnc(OCC2CC(=O)N(CC3CCN(S(=O)(=O)N(C)C)CC3)C2)c1. The molecule has 3 heterocycles. The number of carbonyl (C=O) groups is 1. The first-order chi connectivity index (χ1) is 13.3. The van der Waals surface area contributed by atoms with Crippen LogP contribution in [-0.4, -0.2) is 79.7 Å². The fourth-order valence-electron chi connectivity index (χ4n) is 3.80. The highest BCUT2D eigenvalue weighted by Crippen LogP contribution is 2.25. The summed E-state index contributed by atoms with van der Waals surface area (Å²) in [4.78, 5) is 18.5. The molecule has 1 aromatic heterocycles. The number of aryl methyl sites for hydroxylation is 1. The van der Waals surface area contributed by atoms with Crippen molar-refractivity contribution in [3.8, 4) is 5.88 Å². The number of amides is 1. The van der Waals surface area contributed by atoms with Gasteiger partial charge in [-0.3, -0.25) is 4.79 Å². The predicted octanol–water partition coefficient (Wildman–Crippen LogP) is 1.14. The minimum atomic E-state index is -3.34. The van der Waals surface area contributed by atoms with Crippen LogP contribution in [0.2, 0.25) is 0 Å². The lowest BCUT2D eigenvalue weighted by Crippen LogP contribution is -2.46. The average molecular weight is 411 g/mol. The number of hydrogen-bond donors (Lipinski definition) is 0. The Balaban J connectivity index is 1.45. The fraction of sp³-hybridized carbons (Fsp3) is 0.684. The van der Waals surface area contributed by atoms with Gasteiger partial charge in [0, 0.05) is 64.9 Å². The second kappa shape index (κ2) is 8.75. The number of pyridine rings is 1. The van der Waals surface area contributed by atoms with Crippen LogP contribution in [-0.2, 0) is 15.0 Å². The zero-order chi connectivity index (χ0) is 20.3. The molecule has 0 bridgehead atoms. The highest BCUT2D eigenvalue weighted by Gasteiger charge is 2.34. The van der Waals surface area contributed by atoms with Crippen LogP contribution in [0.1, 0.15) is 24.8 Å². The van der Waals surface area contributed by atoms with Gasteiger partial charge in [-0.2, -0.15) is 17.0 Å². The molecular weight excluding hydrogens is 380 g/mol. The second-order valence-electron chi connectivity index (χ2n) is 7.98. The van der Waals surface area contributed by atoms with Gasteiger partial charge in [0.15, 0.2) is 0 Å². The molecule has 0 saturated carbocycles. The summed E-state index contributed by atoms with van der Waals surface area (Å²) in [6, 6.07) is 3.81. The molecule has 2 fully saturated rings. The Bertz CT molecular complexity index is 791. The minimum absolute atomic E-state index is 0.161. The van der Waals surface area contributed by atoms with Gasteiger partial charge in [-0.15, -0.1) is 0 Å². The minimum Gasteiger partial charge on any atom is -0.477 e. The molecule has 2 saturated heterocycles. The van der Waals surface area contributed by atoms with Gasteiger partial charge < -0.3 is 9.64 Å². The van der Waals surface area contributed by atoms with Gasteiger partial charge in [-0.25, -0.2) is 4.98 Å². The quantitative estimate of drug-likeness (QED) is 0.673. The van der Waals surface area contributed by atoms with E-state index in [1.54, 1.807) is 20.3 Å². The van der Waals surface area contributed by atoms with Crippen LogP contribution < -0.4 is 4.74 Å². The van der Waals surface area contributed by atoms with Crippen molar-refractivity contribution in [1.29, 1.82) is 0 Å². The van der Waals surface area contributed by atoms with Gasteiger partial charge in [-0.05, 0) is 37.3 Å². The predicted molar refractivity (Wildman–Crippen MR) is 106 cm³/mol. The van der Waals surface area contributed by atoms with Crippen LogP contribution in [0.4, 0.5) is 0 Å². The molecule has 0 aliphatic carbocycles. The van der Waals surface area contributed by atoms with Gasteiger partial charge in [0.25, 0.3) is 10.2 Å². The van der Waals surface area contributed by atoms with E-state index in [-0.39, 0.29) is 11.8 Å². The van der Waals surface area contributed by atoms with E-state index in [0.29, 0.717) is 51.0 Å². The van der Waals surface area contributed by atoms with E-state index in [9.17, 15) is 13.2 Å². The third-order valence-electron chi connectivity index (χ3n) is 5.49. The molecule has 2 aliphatic heterocycles. The van der Waals surface area contributed by atoms with Gasteiger partial charge in [0.05, 0.1) is 6.61 Å². The van der Waals surface area contributed by atoms with Crippen molar-refractivity contribution in [3.05, 3.63) is 23.9 Å². The zero-order valence-corrected chi connectivity index (χ0v) is 17.7. The summed E-state index contributed by atoms with van der Waals surface area (Å²) in [5.74, 6) is 1.27. The maximum Gasteiger partial charge on any atom is 0.281 e. The van der Waals surface area contributed by atoms with Crippen LogP contribution in [0.15, 0.2) is 18.3 Å². The second-order valence-corrected chi connectivity index (χ2v) is 10.1. The van der Waals surface area contributed by atoms with Crippen molar-refractivity contribution in [1.82, 2.24) is 18.5 Å². The van der Waals surface area contributed by atoms with Crippen LogP contribution in [0.3, 0.4) is 0 Å². The summed E-state index contributed by atoms with van der Waals surface area (Å²) < 4.78 is 33.0. The van der Waals surface area contributed by atoms with Crippen molar-refractivity contribution in [2.24, 2.45) is 11.8 Å². The summed E-state index contributed by atoms with van der Waals surface area (Å²) >= 11 is 0. The highest BCUT2D eigenvalue weighted by molar-refractivity contribution is 7.86. The Morgan fingerprint density at radius 2 is 1.96 bits per heavy atom. The van der Waals surface area contributed by atoms with Crippen molar-refractivity contribution in [2.75, 3.05) is 46.9 Å². The standard InChI is InChI=1S/C19H30N4O4S/c1-15-4-7-20-18(10-15)27-14-17-11-19(24)22(13-17)12-16-5-8-23(9-6-16)28(25,26)21(2)3/h4,7,10,16-17H,5-6,8-9,11-14H2,1-3H3. The molecule has 1 amide bonds. The molecule has 2 aliphatic rings. The van der Waals surface area contributed by atoms with Crippen molar-refractivity contribution in [3.63, 3.8) is 0 Å². The van der Waals surface area contributed by atoms with Crippen molar-refractivity contribution >= 4 is 16.1 Å². The van der Waals surface area contributed by atoms with E-state index in [2.05, 4.69) is 4.98 Å². The Labute approximate surface area is 167 Å². The Kier molecular flexibility index (Phi) is 6.57. The molecule has 8 nitrogen and oxygen atoms in total. The molecule has 1 unspecified atom stereocenters. The lowest BCUT2D eigenvalue weighted by atomic mass is 9.97. The van der Waals surface area contributed by atoms with Gasteiger partial charge in [-0.1, -0.05) is 0 Å². The molecule has 0 aromatic carbocycles. The van der Waals surface area contributed by atoms with Gasteiger partial charge >= 0.3 is 0 Å². The molecule has 9 heteroatoms. The maximum absolute atomic E-state index is 12.4. The first-order valence-electron chi connectivity index (χ1n) is 9.76. The summed E-state index contributed by atoms with van der Waals surface area (Å²) in [6.45, 7) is 4.90. The third kappa shape index (κ3) is 5.01. The fourth-order valence-corrected chi connectivity index (χ4v) is 4.93. The van der Waals surface area contributed by atoms with Crippen LogP contribution >= 0.6 is 0 Å². The monoisotopic (exact) mass is 410 g/mol. The lowest BCUT2D eigenvalue weighted by Gasteiger charge is -2.34. The topological polar surface area (TPSA) is 83.0 Å². The van der Waals surface area contributed by atoms with Gasteiger partial charge in [0.2, 0.25) is 11.8 Å². The number of likely N-dealkylation sites (tertiary alicyclic amines) is 1. The Morgan fingerprint density at radius 3 is 2.61 bits per heavy atom. The van der Waals surface area contributed by atoms with Crippen LogP contribution in [0.5, 0.6) is 5.88 Å². The Hall–Kier alpha value is -1.71. The molecular formula is C19H30N4O4S. The van der Waals surface area contributed by atoms with E-state index < -0.39 is 10.2 Å². The number of ether oxygens (including phenoxy) is 1. The van der Waals surface area contributed by atoms with E-state index in [1.807, 2.05) is 24.0 Å². The van der Waals surface area contributed by atoms with Gasteiger partial charge in [0.1, 0.15) is 0 Å². The van der Waals surface area contributed by atoms with E-state index in [1.165, 1.54) is 8.61 Å². The molecule has 0 N–H and O–H groups in total. The van der Waals surface area contributed by atoms with E-state index in [4.69, 9.17) is 4.74 Å². The number of aromatic nitrogens is 1. The summed E-state index contributed by atoms with van der Waals surface area (Å²) in [5, 5.41) is 0. The largest absolute Gasteiger partial charge is 0.477 e. The molecule has 1 aromatic rings. The first-order valence-corrected chi connectivity index (χ1v) is 11.2. The zero-order valence-electron chi connectivity index (χ0n) is 16.9. The summed E-state index contributed by atoms with van der Waals surface area (Å²) in [6.07, 6.45) is 3.79. The molecule has 1 atom stereocenters. The highest BCUT2D eigenvalue weighted by atomic mass is 32.2. The third-order valence-corrected chi connectivity index (χ3v) is 7.43. The summed E-state index contributed by atoms with van der Waals surface area (Å²) in [5.41, 5.74) is 1.09. The summed E-state index contributed by atoms with van der Waals surface area (Å²) in [7, 11) is -0.235. The molecule has 3 rings (SSSR count). The van der Waals surface area contributed by atoms with E-state index >= 15 is 0 Å². The average Bonchev–Trinajstić information content (AvgIpc) is 3.00. The van der Waals surface area contributed by atoms with Crippen LogP contribution in [0.25, 0.3) is 0 Å². The number of rotatable bonds is 7. The number of piperidine rings is 1. The first kappa shape index (κ1) is 21.0. The van der Waals surface area contributed by atoms with Crippen LogP contribution in [0, 0.1) is 18.8 Å². The molecule has 0 radical (unpaired) electrons. The van der Waals surface area contributed by atoms with E-state index in [0.717, 1.165) is 18.4 Å². The normalized spacial score (nSPS) is 22.2. The lowest BCUT2D eigenvalue weighted by molar-refractivity contribution is -0.128. The van der Waals surface area contributed by atoms with Crippen molar-refractivity contribution < 1.29 is 17.9 Å². The maximum atomic E-state index is 12.4. The molecule has 156 valence electrons. The van der Waals surface area contributed by atoms with Crippen molar-refractivity contribution in [2.45, 2.75) is 26.2 Å². The smallest absolute Gasteiger partial charge is 0.281 e. The number of hydrogen-bond acceptors (Lipinski definition) is 5. The number of carbonyl (C=O) groups excluding carboxylic acids is 1. The molecule has 0 spiro atoms.